The topological polar surface area (TPSA) is 26.0 Å². The summed E-state index contributed by atoms with van der Waals surface area (Å²) in [6.45, 7) is 0. The summed E-state index contributed by atoms with van der Waals surface area (Å²) in [7, 11) is 0. The molecule has 0 aliphatic rings. The minimum Gasteiger partial charge on any atom is -0.327 e. The third-order valence-electron chi connectivity index (χ3n) is 5.71. The van der Waals surface area contributed by atoms with Gasteiger partial charge in [-0.05, 0) is 42.0 Å². The smallest absolute Gasteiger partial charge is 0.327 e. The zero-order chi connectivity index (χ0) is 22.5. The number of rotatable bonds is 8. The van der Waals surface area contributed by atoms with Gasteiger partial charge in [-0.2, -0.15) is 13.2 Å². The molecule has 0 bridgehead atoms. The van der Waals surface area contributed by atoms with Crippen LogP contribution in [0.2, 0.25) is 5.02 Å². The Balaban J connectivity index is 2.23. The molecule has 1 unspecified atom stereocenters. The van der Waals surface area contributed by atoms with Crippen LogP contribution in [0.1, 0.15) is 35.1 Å². The fourth-order valence-corrected chi connectivity index (χ4v) is 4.80. The van der Waals surface area contributed by atoms with E-state index in [0.29, 0.717) is 12.0 Å². The first-order chi connectivity index (χ1) is 14.8. The zero-order valence-corrected chi connectivity index (χ0v) is 19.2. The lowest BCUT2D eigenvalue weighted by atomic mass is 9.65. The number of nitrogens with two attached hydrogens (primary N) is 1. The van der Waals surface area contributed by atoms with E-state index in [2.05, 4.69) is 15.9 Å². The van der Waals surface area contributed by atoms with E-state index >= 15 is 0 Å². The van der Waals surface area contributed by atoms with Crippen molar-refractivity contribution >= 4 is 27.5 Å². The fraction of sp³-hybridized carbons (Fsp3) is 0.280. The lowest BCUT2D eigenvalue weighted by molar-refractivity contribution is -0.137. The molecule has 0 aliphatic heterocycles. The number of halogens is 5. The Morgan fingerprint density at radius 2 is 1.39 bits per heavy atom. The van der Waals surface area contributed by atoms with Crippen molar-refractivity contribution in [2.24, 2.45) is 5.73 Å². The molecule has 1 atom stereocenters. The molecule has 0 fully saturated rings. The highest BCUT2D eigenvalue weighted by atomic mass is 79.9. The molecule has 2 N–H and O–H groups in total. The van der Waals surface area contributed by atoms with E-state index in [9.17, 15) is 13.2 Å². The van der Waals surface area contributed by atoms with Crippen molar-refractivity contribution in [1.29, 1.82) is 0 Å². The lowest BCUT2D eigenvalue weighted by Gasteiger charge is -2.41. The van der Waals surface area contributed by atoms with E-state index in [1.54, 1.807) is 6.07 Å². The van der Waals surface area contributed by atoms with Crippen LogP contribution in [0.15, 0.2) is 78.9 Å². The van der Waals surface area contributed by atoms with Gasteiger partial charge in [0.25, 0.3) is 0 Å². The van der Waals surface area contributed by atoms with Crippen LogP contribution >= 0.6 is 27.5 Å². The van der Waals surface area contributed by atoms with Crippen LogP contribution in [0.25, 0.3) is 0 Å². The van der Waals surface area contributed by atoms with Crippen molar-refractivity contribution in [3.8, 4) is 0 Å². The van der Waals surface area contributed by atoms with E-state index in [0.717, 1.165) is 28.9 Å². The maximum atomic E-state index is 13.5. The lowest BCUT2D eigenvalue weighted by Crippen LogP contribution is -2.48. The quantitative estimate of drug-likeness (QED) is 0.314. The summed E-state index contributed by atoms with van der Waals surface area (Å²) in [5.74, 6) is 0. The summed E-state index contributed by atoms with van der Waals surface area (Å²) in [5.41, 5.74) is 7.62. The molecule has 3 rings (SSSR count). The van der Waals surface area contributed by atoms with Gasteiger partial charge < -0.3 is 5.73 Å². The predicted molar refractivity (Wildman–Crippen MR) is 125 cm³/mol. The molecule has 1 nitrogen and oxygen atoms in total. The summed E-state index contributed by atoms with van der Waals surface area (Å²) in [4.78, 5) is 0. The summed E-state index contributed by atoms with van der Waals surface area (Å²) in [5, 5.41) is 0.531. The Morgan fingerprint density at radius 1 is 0.839 bits per heavy atom. The molecule has 3 aromatic carbocycles. The molecule has 0 saturated heterocycles. The van der Waals surface area contributed by atoms with E-state index in [1.165, 1.54) is 6.07 Å². The van der Waals surface area contributed by atoms with Crippen molar-refractivity contribution in [2.75, 3.05) is 5.33 Å². The number of benzene rings is 3. The molecule has 0 amide bonds. The Bertz CT molecular complexity index is 938. The third-order valence-corrected chi connectivity index (χ3v) is 6.72. The van der Waals surface area contributed by atoms with Crippen LogP contribution < -0.4 is 5.73 Å². The molecule has 0 saturated carbocycles. The summed E-state index contributed by atoms with van der Waals surface area (Å²) < 4.78 is 40.6. The van der Waals surface area contributed by atoms with Crippen LogP contribution in [0.4, 0.5) is 13.2 Å². The average molecular weight is 511 g/mol. The number of hydrogen-bond acceptors (Lipinski definition) is 1. The van der Waals surface area contributed by atoms with Gasteiger partial charge in [-0.25, -0.2) is 0 Å². The molecule has 31 heavy (non-hydrogen) atoms. The molecule has 0 aliphatic carbocycles. The van der Waals surface area contributed by atoms with Gasteiger partial charge in [0.2, 0.25) is 0 Å². The van der Waals surface area contributed by atoms with E-state index < -0.39 is 17.2 Å². The van der Waals surface area contributed by atoms with E-state index in [-0.39, 0.29) is 17.5 Å². The molecule has 0 aromatic heterocycles. The minimum atomic E-state index is -4.52. The Hall–Kier alpha value is -1.82. The number of alkyl halides is 4. The maximum Gasteiger partial charge on any atom is 0.417 e. The highest BCUT2D eigenvalue weighted by Crippen LogP contribution is 2.43. The Morgan fingerprint density at radius 3 is 1.87 bits per heavy atom. The van der Waals surface area contributed by atoms with Crippen LogP contribution in [0, 0.1) is 0 Å². The minimum absolute atomic E-state index is 0.257. The molecule has 0 radical (unpaired) electrons. The molecule has 0 heterocycles. The van der Waals surface area contributed by atoms with Crippen LogP contribution in [0.3, 0.4) is 0 Å². The van der Waals surface area contributed by atoms with Crippen molar-refractivity contribution in [3.63, 3.8) is 0 Å². The van der Waals surface area contributed by atoms with Crippen molar-refractivity contribution in [2.45, 2.75) is 36.9 Å². The second-order valence-electron chi connectivity index (χ2n) is 7.59. The standard InChI is InChI=1S/C25H24BrClF3N/c26-16-8-15-22(31)24(19-10-3-1-4-11-19,20-12-5-2-6-13-20)17-18-9-7-14-21(23(18)27)25(28,29)30/h1-7,9-14,22H,8,15-17,31H2. The highest BCUT2D eigenvalue weighted by molar-refractivity contribution is 9.09. The van der Waals surface area contributed by atoms with Crippen LogP contribution in [0.5, 0.6) is 0 Å². The van der Waals surface area contributed by atoms with Crippen molar-refractivity contribution < 1.29 is 13.2 Å². The number of hydrogen-bond donors (Lipinski definition) is 1. The van der Waals surface area contributed by atoms with Gasteiger partial charge in [-0.3, -0.25) is 0 Å². The van der Waals surface area contributed by atoms with Gasteiger partial charge in [0.05, 0.1) is 10.6 Å². The molecular weight excluding hydrogens is 487 g/mol. The van der Waals surface area contributed by atoms with Gasteiger partial charge >= 0.3 is 6.18 Å². The molecule has 6 heteroatoms. The summed E-state index contributed by atoms with van der Waals surface area (Å²) >= 11 is 9.78. The van der Waals surface area contributed by atoms with Crippen LogP contribution in [-0.4, -0.2) is 11.4 Å². The molecular formula is C25H24BrClF3N. The Kier molecular flexibility index (Phi) is 7.84. The fourth-order valence-electron chi connectivity index (χ4n) is 4.18. The first-order valence-corrected chi connectivity index (χ1v) is 11.6. The van der Waals surface area contributed by atoms with Gasteiger partial charge in [-0.1, -0.05) is 100 Å². The van der Waals surface area contributed by atoms with Gasteiger partial charge in [0.15, 0.2) is 0 Å². The maximum absolute atomic E-state index is 13.5. The summed E-state index contributed by atoms with van der Waals surface area (Å²) in [6.07, 6.45) is -2.72. The monoisotopic (exact) mass is 509 g/mol. The SMILES string of the molecule is NC(CCCBr)C(Cc1cccc(C(F)(F)F)c1Cl)(c1ccccc1)c1ccccc1. The molecule has 164 valence electrons. The molecule has 3 aromatic rings. The second kappa shape index (κ2) is 10.2. The van der Waals surface area contributed by atoms with Crippen molar-refractivity contribution in [3.05, 3.63) is 106 Å². The second-order valence-corrected chi connectivity index (χ2v) is 8.77. The van der Waals surface area contributed by atoms with Gasteiger partial charge in [0.1, 0.15) is 0 Å². The predicted octanol–water partition coefficient (Wildman–Crippen LogP) is 7.39. The average Bonchev–Trinajstić information content (AvgIpc) is 2.77. The third kappa shape index (κ3) is 5.16. The van der Waals surface area contributed by atoms with E-state index in [1.807, 2.05) is 60.7 Å². The first kappa shape index (κ1) is 23.8. The normalized spacial score (nSPS) is 13.2. The summed E-state index contributed by atoms with van der Waals surface area (Å²) in [6, 6.07) is 23.3. The molecule has 0 spiro atoms. The largest absolute Gasteiger partial charge is 0.417 e. The van der Waals surface area contributed by atoms with E-state index in [4.69, 9.17) is 17.3 Å². The zero-order valence-electron chi connectivity index (χ0n) is 16.9. The van der Waals surface area contributed by atoms with Crippen LogP contribution in [-0.2, 0) is 18.0 Å². The van der Waals surface area contributed by atoms with Gasteiger partial charge in [0, 0.05) is 16.8 Å². The van der Waals surface area contributed by atoms with Crippen molar-refractivity contribution in [1.82, 2.24) is 0 Å². The Labute approximate surface area is 194 Å². The highest BCUT2D eigenvalue weighted by Gasteiger charge is 2.42. The van der Waals surface area contributed by atoms with Gasteiger partial charge in [-0.15, -0.1) is 0 Å². The first-order valence-electron chi connectivity index (χ1n) is 10.1.